The molecule has 0 saturated carbocycles. The van der Waals surface area contributed by atoms with Gasteiger partial charge in [-0.05, 0) is 43.6 Å². The summed E-state index contributed by atoms with van der Waals surface area (Å²) in [6.07, 6.45) is 1.69. The van der Waals surface area contributed by atoms with E-state index in [-0.39, 0.29) is 17.6 Å². The number of amides is 1. The van der Waals surface area contributed by atoms with Gasteiger partial charge >= 0.3 is 0 Å². The van der Waals surface area contributed by atoms with Gasteiger partial charge in [-0.25, -0.2) is 4.39 Å². The average Bonchev–Trinajstić information content (AvgIpc) is 3.24. The summed E-state index contributed by atoms with van der Waals surface area (Å²) in [6, 6.07) is 16.0. The van der Waals surface area contributed by atoms with Crippen LogP contribution in [0.15, 0.2) is 59.1 Å². The van der Waals surface area contributed by atoms with Crippen molar-refractivity contribution in [1.82, 2.24) is 20.4 Å². The van der Waals surface area contributed by atoms with Crippen LogP contribution >= 0.6 is 0 Å². The highest BCUT2D eigenvalue weighted by Crippen LogP contribution is 2.28. The number of carbonyl (C=O) groups excluding carboxylic acids is 1. The van der Waals surface area contributed by atoms with Crippen LogP contribution in [0, 0.1) is 5.82 Å². The molecule has 0 atom stereocenters. The zero-order chi connectivity index (χ0) is 20.1. The van der Waals surface area contributed by atoms with Gasteiger partial charge in [-0.2, -0.15) is 4.98 Å². The van der Waals surface area contributed by atoms with Crippen molar-refractivity contribution >= 4 is 5.91 Å². The molecular formula is C22H23FN4O2. The summed E-state index contributed by atoms with van der Waals surface area (Å²) in [4.78, 5) is 18.8. The minimum absolute atomic E-state index is 0.0264. The maximum atomic E-state index is 13.4. The summed E-state index contributed by atoms with van der Waals surface area (Å²) in [5.74, 6) is 0.847. The van der Waals surface area contributed by atoms with Gasteiger partial charge in [0.15, 0.2) is 0 Å². The average molecular weight is 394 g/mol. The Hall–Kier alpha value is -3.06. The maximum Gasteiger partial charge on any atom is 0.234 e. The van der Waals surface area contributed by atoms with E-state index in [0.717, 1.165) is 31.5 Å². The van der Waals surface area contributed by atoms with E-state index >= 15 is 0 Å². The standard InChI is InChI=1S/C22H23FN4O2/c23-19-8-4-7-18(13-19)21-25-22(29-26-21)17-9-11-27(12-10-17)15-20(28)24-14-16-5-2-1-3-6-16/h1-8,13,17H,9-12,14-15H2,(H,24,28). The number of nitrogens with zero attached hydrogens (tertiary/aromatic N) is 3. The normalized spacial score (nSPS) is 15.3. The van der Waals surface area contributed by atoms with E-state index in [1.807, 2.05) is 30.3 Å². The van der Waals surface area contributed by atoms with E-state index in [9.17, 15) is 9.18 Å². The van der Waals surface area contributed by atoms with Crippen LogP contribution in [0.3, 0.4) is 0 Å². The fraction of sp³-hybridized carbons (Fsp3) is 0.318. The van der Waals surface area contributed by atoms with Crippen LogP contribution in [0.1, 0.15) is 30.2 Å². The quantitative estimate of drug-likeness (QED) is 0.694. The first-order valence-electron chi connectivity index (χ1n) is 9.80. The lowest BCUT2D eigenvalue weighted by atomic mass is 9.97. The Bertz CT molecular complexity index is 952. The van der Waals surface area contributed by atoms with Gasteiger partial charge in [0, 0.05) is 18.0 Å². The van der Waals surface area contributed by atoms with Crippen molar-refractivity contribution in [3.63, 3.8) is 0 Å². The molecule has 1 aliphatic rings. The molecule has 0 radical (unpaired) electrons. The maximum absolute atomic E-state index is 13.4. The van der Waals surface area contributed by atoms with E-state index in [2.05, 4.69) is 20.4 Å². The van der Waals surface area contributed by atoms with Crippen molar-refractivity contribution in [3.05, 3.63) is 71.9 Å². The van der Waals surface area contributed by atoms with Gasteiger partial charge in [0.25, 0.3) is 0 Å². The fourth-order valence-corrected chi connectivity index (χ4v) is 3.54. The third-order valence-electron chi connectivity index (χ3n) is 5.16. The number of aromatic nitrogens is 2. The van der Waals surface area contributed by atoms with Crippen LogP contribution in [-0.2, 0) is 11.3 Å². The molecule has 1 fully saturated rings. The minimum Gasteiger partial charge on any atom is -0.351 e. The molecule has 1 aliphatic heterocycles. The molecule has 2 aromatic carbocycles. The second-order valence-corrected chi connectivity index (χ2v) is 7.28. The van der Waals surface area contributed by atoms with Crippen LogP contribution < -0.4 is 5.32 Å². The number of hydrogen-bond donors (Lipinski definition) is 1. The molecule has 0 spiro atoms. The number of likely N-dealkylation sites (tertiary alicyclic amines) is 1. The zero-order valence-corrected chi connectivity index (χ0v) is 16.1. The molecule has 4 rings (SSSR count). The molecule has 1 N–H and O–H groups in total. The Morgan fingerprint density at radius 3 is 2.69 bits per heavy atom. The fourth-order valence-electron chi connectivity index (χ4n) is 3.54. The Kier molecular flexibility index (Phi) is 5.95. The third kappa shape index (κ3) is 5.06. The van der Waals surface area contributed by atoms with Crippen LogP contribution in [0.2, 0.25) is 0 Å². The predicted molar refractivity (Wildman–Crippen MR) is 106 cm³/mol. The zero-order valence-electron chi connectivity index (χ0n) is 16.1. The Morgan fingerprint density at radius 2 is 1.93 bits per heavy atom. The highest BCUT2D eigenvalue weighted by molar-refractivity contribution is 5.78. The Labute approximate surface area is 168 Å². The summed E-state index contributed by atoms with van der Waals surface area (Å²) in [5, 5.41) is 6.96. The lowest BCUT2D eigenvalue weighted by Gasteiger charge is -2.29. The van der Waals surface area contributed by atoms with Crippen molar-refractivity contribution in [1.29, 1.82) is 0 Å². The van der Waals surface area contributed by atoms with Crippen LogP contribution in [0.5, 0.6) is 0 Å². The predicted octanol–water partition coefficient (Wildman–Crippen LogP) is 3.37. The van der Waals surface area contributed by atoms with Gasteiger partial charge < -0.3 is 9.84 Å². The van der Waals surface area contributed by atoms with Gasteiger partial charge in [-0.3, -0.25) is 9.69 Å². The molecule has 6 nitrogen and oxygen atoms in total. The van der Waals surface area contributed by atoms with E-state index in [0.29, 0.717) is 30.4 Å². The number of hydrogen-bond acceptors (Lipinski definition) is 5. The van der Waals surface area contributed by atoms with Crippen LogP contribution in [0.4, 0.5) is 4.39 Å². The van der Waals surface area contributed by atoms with Gasteiger partial charge in [-0.15, -0.1) is 0 Å². The molecule has 150 valence electrons. The molecule has 3 aromatic rings. The number of halogens is 1. The summed E-state index contributed by atoms with van der Waals surface area (Å²) < 4.78 is 18.8. The smallest absolute Gasteiger partial charge is 0.234 e. The van der Waals surface area contributed by atoms with E-state index < -0.39 is 0 Å². The topological polar surface area (TPSA) is 71.3 Å². The third-order valence-corrected chi connectivity index (χ3v) is 5.16. The van der Waals surface area contributed by atoms with Crippen molar-refractivity contribution in [2.45, 2.75) is 25.3 Å². The SMILES string of the molecule is O=C(CN1CCC(c2nc(-c3cccc(F)c3)no2)CC1)NCc1ccccc1. The number of nitrogens with one attached hydrogen (secondary N) is 1. The summed E-state index contributed by atoms with van der Waals surface area (Å²) in [5.41, 5.74) is 1.69. The summed E-state index contributed by atoms with van der Waals surface area (Å²) in [7, 11) is 0. The van der Waals surface area contributed by atoms with Crippen LogP contribution in [-0.4, -0.2) is 40.6 Å². The van der Waals surface area contributed by atoms with E-state index in [1.165, 1.54) is 12.1 Å². The molecule has 29 heavy (non-hydrogen) atoms. The molecular weight excluding hydrogens is 371 g/mol. The van der Waals surface area contributed by atoms with Crippen molar-refractivity contribution in [2.75, 3.05) is 19.6 Å². The van der Waals surface area contributed by atoms with Crippen LogP contribution in [0.25, 0.3) is 11.4 Å². The molecule has 1 aromatic heterocycles. The molecule has 0 bridgehead atoms. The van der Waals surface area contributed by atoms with Crippen molar-refractivity contribution in [2.24, 2.45) is 0 Å². The monoisotopic (exact) mass is 394 g/mol. The van der Waals surface area contributed by atoms with Gasteiger partial charge in [0.2, 0.25) is 17.6 Å². The second-order valence-electron chi connectivity index (χ2n) is 7.28. The number of piperidine rings is 1. The molecule has 0 unspecified atom stereocenters. The minimum atomic E-state index is -0.326. The first-order chi connectivity index (χ1) is 14.2. The number of carbonyl (C=O) groups is 1. The lowest BCUT2D eigenvalue weighted by Crippen LogP contribution is -2.41. The number of rotatable bonds is 6. The van der Waals surface area contributed by atoms with Gasteiger partial charge in [-0.1, -0.05) is 47.6 Å². The highest BCUT2D eigenvalue weighted by Gasteiger charge is 2.26. The highest BCUT2D eigenvalue weighted by atomic mass is 19.1. The van der Waals surface area contributed by atoms with Crippen molar-refractivity contribution in [3.8, 4) is 11.4 Å². The van der Waals surface area contributed by atoms with Gasteiger partial charge in [0.1, 0.15) is 5.82 Å². The number of benzene rings is 2. The Morgan fingerprint density at radius 1 is 1.14 bits per heavy atom. The largest absolute Gasteiger partial charge is 0.351 e. The second kappa shape index (κ2) is 8.96. The van der Waals surface area contributed by atoms with E-state index in [1.54, 1.807) is 12.1 Å². The summed E-state index contributed by atoms with van der Waals surface area (Å²) in [6.45, 7) is 2.51. The molecule has 7 heteroatoms. The first kappa shape index (κ1) is 19.3. The summed E-state index contributed by atoms with van der Waals surface area (Å²) >= 11 is 0. The molecule has 2 heterocycles. The van der Waals surface area contributed by atoms with E-state index in [4.69, 9.17) is 4.52 Å². The Balaban J connectivity index is 1.26. The molecule has 0 aliphatic carbocycles. The lowest BCUT2D eigenvalue weighted by molar-refractivity contribution is -0.122. The van der Waals surface area contributed by atoms with Gasteiger partial charge in [0.05, 0.1) is 6.54 Å². The molecule has 1 amide bonds. The molecule has 1 saturated heterocycles. The van der Waals surface area contributed by atoms with Crippen molar-refractivity contribution < 1.29 is 13.7 Å². The first-order valence-corrected chi connectivity index (χ1v) is 9.80.